The Morgan fingerprint density at radius 1 is 1.00 bits per heavy atom. The number of carbonyl (C=O) groups excluding carboxylic acids is 1. The zero-order valence-corrected chi connectivity index (χ0v) is 11.4. The van der Waals surface area contributed by atoms with E-state index in [1.807, 2.05) is 54.7 Å². The molecule has 20 heavy (non-hydrogen) atoms. The van der Waals surface area contributed by atoms with Gasteiger partial charge in [-0.05, 0) is 24.3 Å². The normalized spacial score (nSPS) is 16.0. The third-order valence-electron chi connectivity index (χ3n) is 3.48. The molecule has 4 rings (SSSR count). The number of benzene rings is 2. The molecule has 0 saturated heterocycles. The summed E-state index contributed by atoms with van der Waals surface area (Å²) in [5, 5.41) is 1.14. The van der Waals surface area contributed by atoms with E-state index in [-0.39, 0.29) is 5.78 Å². The highest BCUT2D eigenvalue weighted by Crippen LogP contribution is 2.41. The van der Waals surface area contributed by atoms with Crippen LogP contribution in [0.5, 0.6) is 0 Å². The van der Waals surface area contributed by atoms with Gasteiger partial charge in [-0.3, -0.25) is 4.79 Å². The predicted molar refractivity (Wildman–Crippen MR) is 82.9 cm³/mol. The van der Waals surface area contributed by atoms with Crippen LogP contribution in [0, 0.1) is 0 Å². The molecule has 1 N–H and O–H groups in total. The van der Waals surface area contributed by atoms with Gasteiger partial charge in [0.2, 0.25) is 5.78 Å². The molecule has 0 spiro atoms. The Balaban J connectivity index is 1.81. The van der Waals surface area contributed by atoms with Crippen molar-refractivity contribution in [1.82, 2.24) is 4.98 Å². The molecule has 0 bridgehead atoms. The van der Waals surface area contributed by atoms with Crippen molar-refractivity contribution in [1.29, 1.82) is 0 Å². The number of rotatable bonds is 1. The molecule has 0 saturated carbocycles. The van der Waals surface area contributed by atoms with Gasteiger partial charge in [0.15, 0.2) is 0 Å². The van der Waals surface area contributed by atoms with E-state index in [1.54, 1.807) is 11.8 Å². The van der Waals surface area contributed by atoms with Crippen molar-refractivity contribution in [2.24, 2.45) is 0 Å². The van der Waals surface area contributed by atoms with Crippen LogP contribution in [0.1, 0.15) is 15.9 Å². The van der Waals surface area contributed by atoms with Gasteiger partial charge in [-0.2, -0.15) is 0 Å². The number of hydrogen-bond donors (Lipinski definition) is 1. The zero-order chi connectivity index (χ0) is 13.5. The molecule has 1 aliphatic heterocycles. The van der Waals surface area contributed by atoms with Crippen LogP contribution in [0.3, 0.4) is 0 Å². The fraction of sp³-hybridized carbons (Fsp3) is 0. The summed E-state index contributed by atoms with van der Waals surface area (Å²) in [4.78, 5) is 17.4. The first-order valence-corrected chi connectivity index (χ1v) is 7.24. The summed E-state index contributed by atoms with van der Waals surface area (Å²) in [7, 11) is 0. The van der Waals surface area contributed by atoms with Crippen molar-refractivity contribution in [2.75, 3.05) is 0 Å². The lowest BCUT2D eigenvalue weighted by molar-refractivity contribution is 0.104. The Morgan fingerprint density at radius 2 is 1.80 bits per heavy atom. The molecule has 0 aliphatic carbocycles. The third-order valence-corrected chi connectivity index (χ3v) is 4.58. The van der Waals surface area contributed by atoms with Crippen molar-refractivity contribution >= 4 is 34.5 Å². The number of allylic oxidation sites excluding steroid dienone is 1. The highest BCUT2D eigenvalue weighted by atomic mass is 32.2. The van der Waals surface area contributed by atoms with Crippen molar-refractivity contribution in [3.8, 4) is 0 Å². The zero-order valence-electron chi connectivity index (χ0n) is 10.6. The SMILES string of the molecule is O=C1/C(=C\c2c[nH]c3ccccc23)Sc2ccccc21. The Kier molecular flexibility index (Phi) is 2.54. The molecule has 0 unspecified atom stereocenters. The van der Waals surface area contributed by atoms with Gasteiger partial charge >= 0.3 is 0 Å². The molecule has 2 nitrogen and oxygen atoms in total. The summed E-state index contributed by atoms with van der Waals surface area (Å²) in [5.74, 6) is 0.121. The smallest absolute Gasteiger partial charge is 0.200 e. The maximum absolute atomic E-state index is 12.4. The fourth-order valence-corrected chi connectivity index (χ4v) is 3.53. The van der Waals surface area contributed by atoms with Crippen LogP contribution < -0.4 is 0 Å². The number of aromatic nitrogens is 1. The Hall–Kier alpha value is -2.26. The Labute approximate surface area is 120 Å². The number of hydrogen-bond acceptors (Lipinski definition) is 2. The second-order valence-electron chi connectivity index (χ2n) is 4.73. The van der Waals surface area contributed by atoms with Crippen molar-refractivity contribution in [3.05, 3.63) is 70.8 Å². The molecule has 3 aromatic rings. The number of thioether (sulfide) groups is 1. The van der Waals surface area contributed by atoms with E-state index in [1.165, 1.54) is 0 Å². The molecular weight excluding hydrogens is 266 g/mol. The molecule has 0 atom stereocenters. The summed E-state index contributed by atoms with van der Waals surface area (Å²) >= 11 is 1.55. The molecule has 1 aromatic heterocycles. The topological polar surface area (TPSA) is 32.9 Å². The molecule has 2 heterocycles. The quantitative estimate of drug-likeness (QED) is 0.664. The van der Waals surface area contributed by atoms with Crippen molar-refractivity contribution in [2.45, 2.75) is 4.90 Å². The van der Waals surface area contributed by atoms with Crippen LogP contribution in [0.4, 0.5) is 0 Å². The monoisotopic (exact) mass is 277 g/mol. The standard InChI is InChI=1S/C17H11NOS/c19-17-13-6-2-4-8-15(13)20-16(17)9-11-10-18-14-7-3-1-5-12(11)14/h1-10,18H/b16-9+. The summed E-state index contributed by atoms with van der Waals surface area (Å²) in [5.41, 5.74) is 2.96. The maximum atomic E-state index is 12.4. The highest BCUT2D eigenvalue weighted by molar-refractivity contribution is 8.04. The summed E-state index contributed by atoms with van der Waals surface area (Å²) < 4.78 is 0. The first kappa shape index (κ1) is 11.6. The van der Waals surface area contributed by atoms with E-state index in [2.05, 4.69) is 11.1 Å². The molecule has 1 aliphatic rings. The number of carbonyl (C=O) groups is 1. The average Bonchev–Trinajstić information content (AvgIpc) is 3.03. The van der Waals surface area contributed by atoms with E-state index < -0.39 is 0 Å². The van der Waals surface area contributed by atoms with Gasteiger partial charge in [-0.1, -0.05) is 42.1 Å². The van der Waals surface area contributed by atoms with E-state index in [4.69, 9.17) is 0 Å². The number of H-pyrrole nitrogens is 1. The molecule has 96 valence electrons. The average molecular weight is 277 g/mol. The van der Waals surface area contributed by atoms with Gasteiger partial charge in [0.1, 0.15) is 0 Å². The highest BCUT2D eigenvalue weighted by Gasteiger charge is 2.25. The number of fused-ring (bicyclic) bond motifs is 2. The van der Waals surface area contributed by atoms with Crippen LogP contribution in [0.25, 0.3) is 17.0 Å². The lowest BCUT2D eigenvalue weighted by atomic mass is 10.1. The molecule has 3 heteroatoms. The number of Topliss-reactive ketones (excluding diaryl/α,β-unsaturated/α-hetero) is 1. The largest absolute Gasteiger partial charge is 0.361 e. The van der Waals surface area contributed by atoms with Gasteiger partial charge in [-0.15, -0.1) is 0 Å². The van der Waals surface area contributed by atoms with E-state index in [9.17, 15) is 4.79 Å². The first-order valence-electron chi connectivity index (χ1n) is 6.42. The summed E-state index contributed by atoms with van der Waals surface area (Å²) in [6.45, 7) is 0. The van der Waals surface area contributed by atoms with Gasteiger partial charge in [-0.25, -0.2) is 0 Å². The first-order chi connectivity index (χ1) is 9.83. The van der Waals surface area contributed by atoms with E-state index in [0.29, 0.717) is 0 Å². The molecular formula is C17H11NOS. The fourth-order valence-electron chi connectivity index (χ4n) is 2.49. The van der Waals surface area contributed by atoms with Crippen LogP contribution in [-0.2, 0) is 0 Å². The van der Waals surface area contributed by atoms with Gasteiger partial charge < -0.3 is 4.98 Å². The van der Waals surface area contributed by atoms with E-state index >= 15 is 0 Å². The minimum absolute atomic E-state index is 0.121. The second kappa shape index (κ2) is 4.39. The predicted octanol–water partition coefficient (Wildman–Crippen LogP) is 4.50. The number of para-hydroxylation sites is 1. The Morgan fingerprint density at radius 3 is 2.70 bits per heavy atom. The minimum Gasteiger partial charge on any atom is -0.361 e. The number of aromatic amines is 1. The molecule has 0 fully saturated rings. The molecule has 2 aromatic carbocycles. The lowest BCUT2D eigenvalue weighted by Crippen LogP contribution is -1.93. The third kappa shape index (κ3) is 1.71. The van der Waals surface area contributed by atoms with Crippen LogP contribution in [0.15, 0.2) is 64.5 Å². The Bertz CT molecular complexity index is 860. The molecule has 0 amide bonds. The van der Waals surface area contributed by atoms with Crippen LogP contribution in [-0.4, -0.2) is 10.8 Å². The van der Waals surface area contributed by atoms with Crippen molar-refractivity contribution in [3.63, 3.8) is 0 Å². The summed E-state index contributed by atoms with van der Waals surface area (Å²) in [6, 6.07) is 15.9. The van der Waals surface area contributed by atoms with Gasteiger partial charge in [0.05, 0.1) is 4.91 Å². The van der Waals surface area contributed by atoms with E-state index in [0.717, 1.165) is 31.8 Å². The van der Waals surface area contributed by atoms with Gasteiger partial charge in [0.25, 0.3) is 0 Å². The van der Waals surface area contributed by atoms with Crippen molar-refractivity contribution < 1.29 is 4.79 Å². The van der Waals surface area contributed by atoms with Gasteiger partial charge in [0, 0.05) is 33.1 Å². The lowest BCUT2D eigenvalue weighted by Gasteiger charge is -1.94. The van der Waals surface area contributed by atoms with Crippen LogP contribution in [0.2, 0.25) is 0 Å². The maximum Gasteiger partial charge on any atom is 0.200 e. The van der Waals surface area contributed by atoms with Crippen LogP contribution >= 0.6 is 11.8 Å². The second-order valence-corrected chi connectivity index (χ2v) is 5.81. The molecule has 0 radical (unpaired) electrons. The summed E-state index contributed by atoms with van der Waals surface area (Å²) in [6.07, 6.45) is 3.93. The minimum atomic E-state index is 0.121. The number of nitrogens with one attached hydrogen (secondary N) is 1. The number of ketones is 1.